The number of carbonyl (C=O) groups excluding carboxylic acids is 1. The molecular formula is C11H19N3OS. The minimum absolute atomic E-state index is 0.0696. The van der Waals surface area contributed by atoms with Gasteiger partial charge in [0.25, 0.3) is 0 Å². The second-order valence-corrected chi connectivity index (χ2v) is 5.94. The van der Waals surface area contributed by atoms with E-state index < -0.39 is 0 Å². The Morgan fingerprint density at radius 2 is 2.25 bits per heavy atom. The average Bonchev–Trinajstić information content (AvgIpc) is 2.64. The molecule has 1 heterocycles. The lowest BCUT2D eigenvalue weighted by Crippen LogP contribution is -2.26. The van der Waals surface area contributed by atoms with Gasteiger partial charge in [0.05, 0.1) is 0 Å². The summed E-state index contributed by atoms with van der Waals surface area (Å²) in [6.45, 7) is 8.51. The molecule has 16 heavy (non-hydrogen) atoms. The van der Waals surface area contributed by atoms with E-state index >= 15 is 0 Å². The standard InChI is InChI=1S/C11H19N3OS/c1-7(5-12)9(15)14-10-13-6-8(16-10)11(2,3)4/h6-7H,5,12H2,1-4H3,(H,13,14,15). The van der Waals surface area contributed by atoms with Crippen LogP contribution in [0.2, 0.25) is 0 Å². The van der Waals surface area contributed by atoms with Crippen LogP contribution in [0.4, 0.5) is 5.13 Å². The number of nitrogens with one attached hydrogen (secondary N) is 1. The van der Waals surface area contributed by atoms with E-state index in [1.54, 1.807) is 6.92 Å². The Morgan fingerprint density at radius 3 is 2.69 bits per heavy atom. The SMILES string of the molecule is CC(CN)C(=O)Nc1ncc(C(C)(C)C)s1. The van der Waals surface area contributed by atoms with Crippen molar-refractivity contribution in [3.8, 4) is 0 Å². The third kappa shape index (κ3) is 3.28. The van der Waals surface area contributed by atoms with E-state index in [4.69, 9.17) is 5.73 Å². The number of nitrogens with two attached hydrogens (primary N) is 1. The van der Waals surface area contributed by atoms with Gasteiger partial charge in [0.2, 0.25) is 5.91 Å². The van der Waals surface area contributed by atoms with E-state index in [0.717, 1.165) is 4.88 Å². The number of amides is 1. The lowest BCUT2D eigenvalue weighted by Gasteiger charge is -2.14. The molecular weight excluding hydrogens is 222 g/mol. The summed E-state index contributed by atoms with van der Waals surface area (Å²) in [6.07, 6.45) is 1.81. The lowest BCUT2D eigenvalue weighted by atomic mass is 9.96. The first kappa shape index (κ1) is 13.1. The van der Waals surface area contributed by atoms with E-state index in [1.807, 2.05) is 6.20 Å². The first-order valence-corrected chi connectivity index (χ1v) is 6.13. The first-order valence-electron chi connectivity index (χ1n) is 5.32. The summed E-state index contributed by atoms with van der Waals surface area (Å²) in [5.41, 5.74) is 5.49. The summed E-state index contributed by atoms with van der Waals surface area (Å²) in [4.78, 5) is 16.9. The van der Waals surface area contributed by atoms with Crippen molar-refractivity contribution in [3.05, 3.63) is 11.1 Å². The number of thiazole rings is 1. The fraction of sp³-hybridized carbons (Fsp3) is 0.636. The van der Waals surface area contributed by atoms with E-state index in [0.29, 0.717) is 11.7 Å². The molecule has 0 bridgehead atoms. The molecule has 4 nitrogen and oxygen atoms in total. The highest BCUT2D eigenvalue weighted by Crippen LogP contribution is 2.30. The molecule has 0 saturated carbocycles. The van der Waals surface area contributed by atoms with Crippen molar-refractivity contribution in [3.63, 3.8) is 0 Å². The monoisotopic (exact) mass is 241 g/mol. The van der Waals surface area contributed by atoms with Crippen LogP contribution in [-0.2, 0) is 10.2 Å². The predicted octanol–water partition coefficient (Wildman–Crippen LogP) is 1.97. The topological polar surface area (TPSA) is 68.0 Å². The summed E-state index contributed by atoms with van der Waals surface area (Å²) in [5.74, 6) is -0.251. The van der Waals surface area contributed by atoms with Gasteiger partial charge >= 0.3 is 0 Å². The third-order valence-electron chi connectivity index (χ3n) is 2.28. The van der Waals surface area contributed by atoms with Gasteiger partial charge in [-0.1, -0.05) is 27.7 Å². The maximum atomic E-state index is 11.6. The van der Waals surface area contributed by atoms with Crippen LogP contribution in [0.3, 0.4) is 0 Å². The Labute approximate surface area is 100 Å². The van der Waals surface area contributed by atoms with Gasteiger partial charge in [0, 0.05) is 23.5 Å². The molecule has 1 unspecified atom stereocenters. The minimum Gasteiger partial charge on any atom is -0.330 e. The maximum absolute atomic E-state index is 11.6. The van der Waals surface area contributed by atoms with Gasteiger partial charge in [-0.25, -0.2) is 4.98 Å². The molecule has 0 radical (unpaired) electrons. The molecule has 3 N–H and O–H groups in total. The number of aromatic nitrogens is 1. The number of hydrogen-bond acceptors (Lipinski definition) is 4. The molecule has 1 aromatic rings. The zero-order chi connectivity index (χ0) is 12.3. The fourth-order valence-electron chi connectivity index (χ4n) is 1.01. The minimum atomic E-state index is -0.179. The van der Waals surface area contributed by atoms with Gasteiger partial charge in [0.1, 0.15) is 0 Å². The van der Waals surface area contributed by atoms with Crippen LogP contribution in [0, 0.1) is 5.92 Å². The van der Waals surface area contributed by atoms with Crippen LogP contribution >= 0.6 is 11.3 Å². The molecule has 1 amide bonds. The molecule has 5 heteroatoms. The molecule has 0 aromatic carbocycles. The first-order chi connectivity index (χ1) is 7.34. The molecule has 1 aromatic heterocycles. The highest BCUT2D eigenvalue weighted by molar-refractivity contribution is 7.15. The average molecular weight is 241 g/mol. The van der Waals surface area contributed by atoms with Crippen molar-refractivity contribution in [2.24, 2.45) is 11.7 Å². The van der Waals surface area contributed by atoms with Crippen LogP contribution in [0.5, 0.6) is 0 Å². The van der Waals surface area contributed by atoms with E-state index in [-0.39, 0.29) is 17.2 Å². The van der Waals surface area contributed by atoms with Crippen LogP contribution < -0.4 is 11.1 Å². The predicted molar refractivity (Wildman–Crippen MR) is 67.7 cm³/mol. The molecule has 0 spiro atoms. The quantitative estimate of drug-likeness (QED) is 0.850. The van der Waals surface area contributed by atoms with Crippen molar-refractivity contribution in [2.75, 3.05) is 11.9 Å². The van der Waals surface area contributed by atoms with Crippen molar-refractivity contribution >= 4 is 22.4 Å². The number of anilines is 1. The third-order valence-corrected chi connectivity index (χ3v) is 3.61. The van der Waals surface area contributed by atoms with E-state index in [1.165, 1.54) is 11.3 Å². The molecule has 0 aliphatic heterocycles. The number of carbonyl (C=O) groups is 1. The zero-order valence-corrected chi connectivity index (χ0v) is 11.0. The van der Waals surface area contributed by atoms with Gasteiger partial charge in [-0.05, 0) is 5.41 Å². The Hall–Kier alpha value is -0.940. The molecule has 90 valence electrons. The normalized spacial score (nSPS) is 13.6. The summed E-state index contributed by atoms with van der Waals surface area (Å²) < 4.78 is 0. The van der Waals surface area contributed by atoms with Gasteiger partial charge in [0.15, 0.2) is 5.13 Å². The van der Waals surface area contributed by atoms with Crippen LogP contribution in [-0.4, -0.2) is 17.4 Å². The van der Waals surface area contributed by atoms with Crippen molar-refractivity contribution in [2.45, 2.75) is 33.1 Å². The van der Waals surface area contributed by atoms with Crippen molar-refractivity contribution < 1.29 is 4.79 Å². The van der Waals surface area contributed by atoms with Gasteiger partial charge in [-0.15, -0.1) is 11.3 Å². The summed E-state index contributed by atoms with van der Waals surface area (Å²) in [7, 11) is 0. The van der Waals surface area contributed by atoms with E-state index in [2.05, 4.69) is 31.1 Å². The highest BCUT2D eigenvalue weighted by atomic mass is 32.1. The molecule has 1 atom stereocenters. The van der Waals surface area contributed by atoms with Gasteiger partial charge in [-0.2, -0.15) is 0 Å². The second-order valence-electron chi connectivity index (χ2n) is 4.91. The Balaban J connectivity index is 2.70. The lowest BCUT2D eigenvalue weighted by molar-refractivity contribution is -0.119. The largest absolute Gasteiger partial charge is 0.330 e. The number of hydrogen-bond donors (Lipinski definition) is 2. The Morgan fingerprint density at radius 1 is 1.62 bits per heavy atom. The van der Waals surface area contributed by atoms with Crippen molar-refractivity contribution in [1.82, 2.24) is 4.98 Å². The van der Waals surface area contributed by atoms with Gasteiger partial charge in [-0.3, -0.25) is 4.79 Å². The highest BCUT2D eigenvalue weighted by Gasteiger charge is 2.18. The Bertz CT molecular complexity index is 368. The smallest absolute Gasteiger partial charge is 0.230 e. The Kier molecular flexibility index (Phi) is 4.04. The summed E-state index contributed by atoms with van der Waals surface area (Å²) >= 11 is 1.51. The van der Waals surface area contributed by atoms with Gasteiger partial charge < -0.3 is 11.1 Å². The molecule has 0 aliphatic carbocycles. The van der Waals surface area contributed by atoms with Crippen molar-refractivity contribution in [1.29, 1.82) is 0 Å². The second kappa shape index (κ2) is 4.93. The van der Waals surface area contributed by atoms with Crippen LogP contribution in [0.15, 0.2) is 6.20 Å². The fourth-order valence-corrected chi connectivity index (χ4v) is 1.89. The summed E-state index contributed by atoms with van der Waals surface area (Å²) in [6, 6.07) is 0. The molecule has 0 saturated heterocycles. The maximum Gasteiger partial charge on any atom is 0.230 e. The van der Waals surface area contributed by atoms with Crippen LogP contribution in [0.1, 0.15) is 32.6 Å². The molecule has 0 fully saturated rings. The number of nitrogens with zero attached hydrogens (tertiary/aromatic N) is 1. The molecule has 0 aliphatic rings. The summed E-state index contributed by atoms with van der Waals surface area (Å²) in [5, 5.41) is 3.42. The molecule has 1 rings (SSSR count). The number of rotatable bonds is 3. The van der Waals surface area contributed by atoms with Crippen LogP contribution in [0.25, 0.3) is 0 Å². The zero-order valence-electron chi connectivity index (χ0n) is 10.2. The van der Waals surface area contributed by atoms with E-state index in [9.17, 15) is 4.79 Å².